The summed E-state index contributed by atoms with van der Waals surface area (Å²) in [6.07, 6.45) is 8.43. The number of aromatic nitrogens is 4. The van der Waals surface area contributed by atoms with Gasteiger partial charge in [0, 0.05) is 47.2 Å². The highest BCUT2D eigenvalue weighted by Gasteiger charge is 2.68. The highest BCUT2D eigenvalue weighted by Crippen LogP contribution is 2.64. The largest absolute Gasteiger partial charge is 0.487 e. The Morgan fingerprint density at radius 1 is 1.00 bits per heavy atom. The van der Waals surface area contributed by atoms with Crippen molar-refractivity contribution in [1.82, 2.24) is 24.6 Å². The molecule has 7 nitrogen and oxygen atoms in total. The molecular weight excluding hydrogens is 500 g/mol. The first-order valence-electron chi connectivity index (χ1n) is 13.2. The zero-order valence-electron chi connectivity index (χ0n) is 21.4. The predicted octanol–water partition coefficient (Wildman–Crippen LogP) is 4.70. The standard InChI is InChI=1S/C30H27F2N5O2/c1-36-26-7-8-30(26)14-23(13-27(30)36)39-24-15-33-29(34-16-24)19-4-2-3-18(9-19)17-37-28(38)6-5-25(35-37)20-10-21(31)12-22(32)11-20/h2-6,9-12,15-16,23,26-27H,7-8,13-14,17H2,1H3. The smallest absolute Gasteiger partial charge is 0.267 e. The molecule has 1 aliphatic heterocycles. The summed E-state index contributed by atoms with van der Waals surface area (Å²) in [5, 5.41) is 4.34. The minimum absolute atomic E-state index is 0.180. The Morgan fingerprint density at radius 3 is 2.51 bits per heavy atom. The van der Waals surface area contributed by atoms with Crippen LogP contribution in [0, 0.1) is 17.0 Å². The number of ether oxygens (including phenoxy) is 1. The van der Waals surface area contributed by atoms with Crippen LogP contribution in [0.1, 0.15) is 31.2 Å². The average molecular weight is 528 g/mol. The highest BCUT2D eigenvalue weighted by atomic mass is 19.1. The lowest BCUT2D eigenvalue weighted by Gasteiger charge is -2.67. The lowest BCUT2D eigenvalue weighted by molar-refractivity contribution is -0.174. The predicted molar refractivity (Wildman–Crippen MR) is 141 cm³/mol. The first kappa shape index (κ1) is 24.1. The summed E-state index contributed by atoms with van der Waals surface area (Å²) in [4.78, 5) is 24.1. The lowest BCUT2D eigenvalue weighted by atomic mass is 9.54. The monoisotopic (exact) mass is 527 g/mol. The van der Waals surface area contributed by atoms with E-state index >= 15 is 0 Å². The van der Waals surface area contributed by atoms with Gasteiger partial charge in [0.2, 0.25) is 0 Å². The molecule has 198 valence electrons. The SMILES string of the molecule is CN1C2CCC23CC(Oc2cnc(-c4cccc(Cn5nc(-c6cc(F)cc(F)c6)ccc5=O)c4)nc2)CC13. The molecule has 2 aliphatic carbocycles. The molecule has 0 radical (unpaired) electrons. The number of likely N-dealkylation sites (tertiary alicyclic amines) is 1. The van der Waals surface area contributed by atoms with Gasteiger partial charge in [-0.05, 0) is 56.1 Å². The van der Waals surface area contributed by atoms with Gasteiger partial charge in [-0.1, -0.05) is 18.2 Å². The van der Waals surface area contributed by atoms with Gasteiger partial charge in [-0.15, -0.1) is 0 Å². The van der Waals surface area contributed by atoms with E-state index in [1.54, 1.807) is 12.4 Å². The maximum Gasteiger partial charge on any atom is 0.267 e. The molecule has 1 saturated heterocycles. The number of benzene rings is 2. The van der Waals surface area contributed by atoms with Crippen LogP contribution in [0.15, 0.2) is 71.8 Å². The Kier molecular flexibility index (Phi) is 5.59. The van der Waals surface area contributed by atoms with Crippen molar-refractivity contribution >= 4 is 0 Å². The highest BCUT2D eigenvalue weighted by molar-refractivity contribution is 5.58. The third-order valence-electron chi connectivity index (χ3n) is 8.76. The molecule has 2 aromatic heterocycles. The molecule has 7 rings (SSSR count). The van der Waals surface area contributed by atoms with Crippen molar-refractivity contribution in [3.63, 3.8) is 0 Å². The molecule has 0 amide bonds. The summed E-state index contributed by atoms with van der Waals surface area (Å²) in [7, 11) is 2.23. The van der Waals surface area contributed by atoms with Crippen LogP contribution in [0.4, 0.5) is 8.78 Å². The molecule has 0 N–H and O–H groups in total. The first-order chi connectivity index (χ1) is 18.9. The van der Waals surface area contributed by atoms with Gasteiger partial charge in [-0.25, -0.2) is 23.4 Å². The molecular formula is C30H27F2N5O2. The van der Waals surface area contributed by atoms with E-state index in [4.69, 9.17) is 4.74 Å². The quantitative estimate of drug-likeness (QED) is 0.362. The van der Waals surface area contributed by atoms with Crippen LogP contribution < -0.4 is 10.3 Å². The van der Waals surface area contributed by atoms with Gasteiger partial charge in [0.15, 0.2) is 11.6 Å². The van der Waals surface area contributed by atoms with Crippen LogP contribution in [0.2, 0.25) is 0 Å². The lowest BCUT2D eigenvalue weighted by Crippen LogP contribution is -2.73. The van der Waals surface area contributed by atoms with Gasteiger partial charge in [-0.2, -0.15) is 5.10 Å². The Labute approximate surface area is 224 Å². The normalized spacial score (nSPS) is 25.4. The molecule has 2 saturated carbocycles. The topological polar surface area (TPSA) is 73.1 Å². The number of rotatable bonds is 6. The van der Waals surface area contributed by atoms with Crippen molar-refractivity contribution in [1.29, 1.82) is 0 Å². The van der Waals surface area contributed by atoms with Crippen molar-refractivity contribution in [3.8, 4) is 28.4 Å². The molecule has 1 spiro atoms. The molecule has 3 heterocycles. The zero-order chi connectivity index (χ0) is 26.7. The van der Waals surface area contributed by atoms with Crippen molar-refractivity contribution < 1.29 is 13.5 Å². The second-order valence-electron chi connectivity index (χ2n) is 11.0. The summed E-state index contributed by atoms with van der Waals surface area (Å²) >= 11 is 0. The van der Waals surface area contributed by atoms with Crippen LogP contribution in [0.5, 0.6) is 5.75 Å². The zero-order valence-corrected chi connectivity index (χ0v) is 21.4. The molecule has 0 bridgehead atoms. The maximum atomic E-state index is 13.7. The molecule has 4 aromatic rings. The Bertz CT molecular complexity index is 1600. The summed E-state index contributed by atoms with van der Waals surface area (Å²) in [5.41, 5.74) is 2.33. The fraction of sp³-hybridized carbons (Fsp3) is 0.333. The average Bonchev–Trinajstić information content (AvgIpc) is 3.29. The van der Waals surface area contributed by atoms with Gasteiger partial charge in [0.05, 0.1) is 24.6 Å². The Balaban J connectivity index is 1.06. The van der Waals surface area contributed by atoms with Gasteiger partial charge < -0.3 is 4.74 Å². The fourth-order valence-corrected chi connectivity index (χ4v) is 6.92. The van der Waals surface area contributed by atoms with E-state index < -0.39 is 11.6 Å². The van der Waals surface area contributed by atoms with Gasteiger partial charge in [-0.3, -0.25) is 9.69 Å². The van der Waals surface area contributed by atoms with E-state index in [0.29, 0.717) is 28.7 Å². The van der Waals surface area contributed by atoms with Crippen molar-refractivity contribution in [2.45, 2.75) is 50.4 Å². The Morgan fingerprint density at radius 2 is 1.79 bits per heavy atom. The van der Waals surface area contributed by atoms with Gasteiger partial charge in [0.1, 0.15) is 17.7 Å². The number of nitrogens with zero attached hydrogens (tertiary/aromatic N) is 5. The third kappa shape index (κ3) is 4.12. The summed E-state index contributed by atoms with van der Waals surface area (Å²) in [6, 6.07) is 14.9. The molecule has 9 heteroatoms. The Hall–Kier alpha value is -3.98. The maximum absolute atomic E-state index is 13.7. The first-order valence-corrected chi connectivity index (χ1v) is 13.2. The molecule has 3 aliphatic rings. The van der Waals surface area contributed by atoms with E-state index in [9.17, 15) is 13.6 Å². The molecule has 2 aromatic carbocycles. The second-order valence-corrected chi connectivity index (χ2v) is 11.0. The van der Waals surface area contributed by atoms with Gasteiger partial charge in [0.25, 0.3) is 5.56 Å². The molecule has 3 fully saturated rings. The van der Waals surface area contributed by atoms with Crippen LogP contribution in [-0.4, -0.2) is 49.9 Å². The molecule has 39 heavy (non-hydrogen) atoms. The van der Waals surface area contributed by atoms with Crippen molar-refractivity contribution in [2.75, 3.05) is 7.05 Å². The van der Waals surface area contributed by atoms with E-state index in [1.165, 1.54) is 41.8 Å². The van der Waals surface area contributed by atoms with Crippen molar-refractivity contribution in [2.24, 2.45) is 5.41 Å². The summed E-state index contributed by atoms with van der Waals surface area (Å²) < 4.78 is 34.9. The number of hydrogen-bond acceptors (Lipinski definition) is 6. The summed E-state index contributed by atoms with van der Waals surface area (Å²) in [6.45, 7) is 0.180. The fourth-order valence-electron chi connectivity index (χ4n) is 6.92. The van der Waals surface area contributed by atoms with E-state index in [1.807, 2.05) is 24.3 Å². The number of halogens is 2. The van der Waals surface area contributed by atoms with Crippen molar-refractivity contribution in [3.05, 3.63) is 94.5 Å². The molecule has 4 atom stereocenters. The van der Waals surface area contributed by atoms with Gasteiger partial charge >= 0.3 is 0 Å². The van der Waals surface area contributed by atoms with E-state index in [-0.39, 0.29) is 23.8 Å². The van der Waals surface area contributed by atoms with E-state index in [2.05, 4.69) is 27.0 Å². The third-order valence-corrected chi connectivity index (χ3v) is 8.76. The number of hydrogen-bond donors (Lipinski definition) is 0. The van der Waals surface area contributed by atoms with Crippen LogP contribution in [0.3, 0.4) is 0 Å². The second kappa shape index (κ2) is 9.05. The summed E-state index contributed by atoms with van der Waals surface area (Å²) in [5.74, 6) is -0.179. The van der Waals surface area contributed by atoms with Crippen LogP contribution in [-0.2, 0) is 6.54 Å². The van der Waals surface area contributed by atoms with E-state index in [0.717, 1.165) is 36.1 Å². The minimum Gasteiger partial charge on any atom is -0.487 e. The van der Waals surface area contributed by atoms with Crippen LogP contribution in [0.25, 0.3) is 22.6 Å². The molecule has 4 unspecified atom stereocenters. The minimum atomic E-state index is -0.705. The van der Waals surface area contributed by atoms with Crippen LogP contribution >= 0.6 is 0 Å². The number of piperidine rings is 1.